The number of esters is 1. The number of ketones is 1. The van der Waals surface area contributed by atoms with E-state index < -0.39 is 12.0 Å². The van der Waals surface area contributed by atoms with E-state index in [9.17, 15) is 14.4 Å². The summed E-state index contributed by atoms with van der Waals surface area (Å²) in [5, 5.41) is 3.84. The molecule has 3 aromatic carbocycles. The van der Waals surface area contributed by atoms with Crippen molar-refractivity contribution in [1.29, 1.82) is 0 Å². The normalized spacial score (nSPS) is 17.5. The first-order chi connectivity index (χ1) is 21.6. The van der Waals surface area contributed by atoms with Gasteiger partial charge < -0.3 is 15.0 Å². The Bertz CT molecular complexity index is 1600. The molecule has 1 aliphatic rings. The molecule has 1 aliphatic carbocycles. The molecule has 2 N–H and O–H groups in total. The Morgan fingerprint density at radius 2 is 1.56 bits per heavy atom. The molecule has 1 heterocycles. The van der Waals surface area contributed by atoms with E-state index in [1.54, 1.807) is 12.1 Å². The van der Waals surface area contributed by atoms with Crippen LogP contribution in [-0.2, 0) is 21.4 Å². The number of hydrogen-bond acceptors (Lipinski definition) is 4. The summed E-state index contributed by atoms with van der Waals surface area (Å²) in [4.78, 5) is 43.0. The molecular weight excluding hydrogens is 560 g/mol. The third-order valence-corrected chi connectivity index (χ3v) is 9.30. The molecule has 1 fully saturated rings. The Hall–Kier alpha value is -4.19. The van der Waals surface area contributed by atoms with Crippen molar-refractivity contribution in [1.82, 2.24) is 10.3 Å². The summed E-state index contributed by atoms with van der Waals surface area (Å²) in [5.41, 5.74) is 5.13. The van der Waals surface area contributed by atoms with Crippen molar-refractivity contribution in [2.45, 2.75) is 90.0 Å². The van der Waals surface area contributed by atoms with Crippen molar-refractivity contribution in [3.8, 4) is 0 Å². The number of aromatic amines is 1. The summed E-state index contributed by atoms with van der Waals surface area (Å²) >= 11 is 0. The maximum Gasteiger partial charge on any atom is 0.329 e. The van der Waals surface area contributed by atoms with Gasteiger partial charge in [-0.3, -0.25) is 9.59 Å². The zero-order valence-corrected chi connectivity index (χ0v) is 27.0. The Labute approximate surface area is 267 Å². The van der Waals surface area contributed by atoms with Crippen LogP contribution < -0.4 is 5.32 Å². The van der Waals surface area contributed by atoms with Crippen LogP contribution in [0.4, 0.5) is 0 Å². The van der Waals surface area contributed by atoms with Crippen molar-refractivity contribution in [3.63, 3.8) is 0 Å². The summed E-state index contributed by atoms with van der Waals surface area (Å²) in [6.45, 7) is 8.21. The highest BCUT2D eigenvalue weighted by atomic mass is 16.5. The predicted molar refractivity (Wildman–Crippen MR) is 180 cm³/mol. The first-order valence-corrected chi connectivity index (χ1v) is 16.4. The highest BCUT2D eigenvalue weighted by Crippen LogP contribution is 2.37. The second-order valence-corrected chi connectivity index (χ2v) is 13.6. The molecule has 236 valence electrons. The van der Waals surface area contributed by atoms with Crippen LogP contribution in [-0.4, -0.2) is 35.3 Å². The minimum Gasteiger partial charge on any atom is -0.456 e. The number of fused-ring (bicyclic) bond motifs is 1. The fraction of sp³-hybridized carbons (Fsp3) is 0.410. The van der Waals surface area contributed by atoms with Gasteiger partial charge in [0.05, 0.1) is 0 Å². The number of hydrogen-bond donors (Lipinski definition) is 2. The number of benzene rings is 3. The van der Waals surface area contributed by atoms with Crippen LogP contribution in [0, 0.1) is 5.92 Å². The molecule has 0 bridgehead atoms. The first-order valence-electron chi connectivity index (χ1n) is 16.4. The largest absolute Gasteiger partial charge is 0.456 e. The van der Waals surface area contributed by atoms with E-state index in [0.29, 0.717) is 17.0 Å². The lowest BCUT2D eigenvalue weighted by molar-refractivity contribution is -0.144. The number of Topliss-reactive ketones (excluding diaryl/α,β-unsaturated/α-hetero) is 1. The monoisotopic (exact) mass is 606 g/mol. The molecule has 0 unspecified atom stereocenters. The van der Waals surface area contributed by atoms with Crippen LogP contribution in [0.5, 0.6) is 0 Å². The number of H-pyrrole nitrogens is 1. The van der Waals surface area contributed by atoms with Gasteiger partial charge >= 0.3 is 5.97 Å². The van der Waals surface area contributed by atoms with Crippen LogP contribution in [0.2, 0.25) is 0 Å². The number of nitrogens with one attached hydrogen (secondary N) is 2. The number of ether oxygens (including phenoxy) is 1. The van der Waals surface area contributed by atoms with E-state index in [1.165, 1.54) is 44.1 Å². The minimum atomic E-state index is -0.975. The van der Waals surface area contributed by atoms with Gasteiger partial charge in [-0.15, -0.1) is 0 Å². The Morgan fingerprint density at radius 3 is 2.22 bits per heavy atom. The predicted octanol–water partition coefficient (Wildman–Crippen LogP) is 8.31. The maximum absolute atomic E-state index is 13.4. The molecule has 6 nitrogen and oxygen atoms in total. The van der Waals surface area contributed by atoms with Gasteiger partial charge in [-0.1, -0.05) is 95.1 Å². The second kappa shape index (κ2) is 14.3. The van der Waals surface area contributed by atoms with Crippen LogP contribution >= 0.6 is 0 Å². The summed E-state index contributed by atoms with van der Waals surface area (Å²) in [6, 6.07) is 22.0. The number of para-hydroxylation sites is 1. The Kier molecular flexibility index (Phi) is 10.2. The molecule has 1 aromatic heterocycles. The van der Waals surface area contributed by atoms with Gasteiger partial charge in [-0.05, 0) is 77.8 Å². The van der Waals surface area contributed by atoms with Gasteiger partial charge in [0.15, 0.2) is 12.4 Å². The van der Waals surface area contributed by atoms with Gasteiger partial charge in [0.25, 0.3) is 5.91 Å². The molecule has 0 radical (unpaired) electrons. The van der Waals surface area contributed by atoms with E-state index in [1.807, 2.05) is 66.9 Å². The molecule has 1 saturated carbocycles. The molecule has 0 aliphatic heterocycles. The zero-order valence-electron chi connectivity index (χ0n) is 27.0. The van der Waals surface area contributed by atoms with Crippen LogP contribution in [0.15, 0.2) is 79.0 Å². The van der Waals surface area contributed by atoms with E-state index in [-0.39, 0.29) is 30.1 Å². The third kappa shape index (κ3) is 8.10. The average molecular weight is 607 g/mol. The number of aromatic nitrogens is 1. The van der Waals surface area contributed by atoms with Crippen LogP contribution in [0.1, 0.15) is 110 Å². The molecule has 0 saturated heterocycles. The lowest BCUT2D eigenvalue weighted by atomic mass is 9.77. The standard InChI is InChI=1S/C39H46N2O4/c1-5-8-26-11-13-27(14-12-26)28-15-17-29(18-16-28)36(42)25-45-38(44)35(23-31-24-40-34-10-7-6-9-33(31)34)41-37(43)30-19-21-32(22-20-30)39(2,3)4/h6-7,9-10,15-22,24,26-27,35,40H,5,8,11-14,23,25H2,1-4H3,(H,41,43)/t26?,27?,35-/m1/s1. The van der Waals surface area contributed by atoms with Gasteiger partial charge in [0.1, 0.15) is 6.04 Å². The molecular formula is C39H46N2O4. The highest BCUT2D eigenvalue weighted by molar-refractivity contribution is 5.99. The molecule has 0 spiro atoms. The van der Waals surface area contributed by atoms with E-state index in [0.717, 1.165) is 27.9 Å². The molecule has 6 heteroatoms. The van der Waals surface area contributed by atoms with Crippen molar-refractivity contribution in [3.05, 3.63) is 107 Å². The van der Waals surface area contributed by atoms with Gasteiger partial charge in [-0.25, -0.2) is 4.79 Å². The molecule has 1 atom stereocenters. The number of carbonyl (C=O) groups is 3. The van der Waals surface area contributed by atoms with Gasteiger partial charge in [0, 0.05) is 34.6 Å². The quantitative estimate of drug-likeness (QED) is 0.133. The fourth-order valence-corrected chi connectivity index (χ4v) is 6.53. The summed E-state index contributed by atoms with van der Waals surface area (Å²) in [6.07, 6.45) is 9.56. The average Bonchev–Trinajstić information content (AvgIpc) is 3.46. The van der Waals surface area contributed by atoms with E-state index in [2.05, 4.69) is 38.0 Å². The minimum absolute atomic E-state index is 0.0443. The smallest absolute Gasteiger partial charge is 0.329 e. The van der Waals surface area contributed by atoms with Crippen LogP contribution in [0.3, 0.4) is 0 Å². The zero-order chi connectivity index (χ0) is 32.0. The van der Waals surface area contributed by atoms with Crippen molar-refractivity contribution in [2.75, 3.05) is 6.61 Å². The van der Waals surface area contributed by atoms with Crippen molar-refractivity contribution >= 4 is 28.6 Å². The van der Waals surface area contributed by atoms with Crippen LogP contribution in [0.25, 0.3) is 10.9 Å². The molecule has 5 rings (SSSR count). The van der Waals surface area contributed by atoms with Crippen molar-refractivity contribution < 1.29 is 19.1 Å². The maximum atomic E-state index is 13.4. The summed E-state index contributed by atoms with van der Waals surface area (Å²) in [5.74, 6) is 0.104. The number of amides is 1. The topological polar surface area (TPSA) is 88.3 Å². The highest BCUT2D eigenvalue weighted by Gasteiger charge is 2.26. The molecule has 45 heavy (non-hydrogen) atoms. The molecule has 1 amide bonds. The van der Waals surface area contributed by atoms with E-state index >= 15 is 0 Å². The first kappa shape index (κ1) is 32.2. The van der Waals surface area contributed by atoms with Crippen molar-refractivity contribution in [2.24, 2.45) is 5.92 Å². The third-order valence-electron chi connectivity index (χ3n) is 9.30. The molecule has 4 aromatic rings. The second-order valence-electron chi connectivity index (χ2n) is 13.6. The lowest BCUT2D eigenvalue weighted by Crippen LogP contribution is -2.43. The lowest BCUT2D eigenvalue weighted by Gasteiger charge is -2.28. The van der Waals surface area contributed by atoms with E-state index in [4.69, 9.17) is 4.74 Å². The number of carbonyl (C=O) groups excluding carboxylic acids is 3. The number of rotatable bonds is 11. The SMILES string of the molecule is CCCC1CCC(c2ccc(C(=O)COC(=O)[C@@H](Cc3c[nH]c4ccccc34)NC(=O)c3ccc(C(C)(C)C)cc3)cc2)CC1. The Morgan fingerprint density at radius 1 is 0.889 bits per heavy atom. The van der Waals surface area contributed by atoms with Gasteiger partial charge in [-0.2, -0.15) is 0 Å². The van der Waals surface area contributed by atoms with Gasteiger partial charge in [0.2, 0.25) is 0 Å². The summed E-state index contributed by atoms with van der Waals surface area (Å²) in [7, 11) is 0. The Balaban J connectivity index is 1.24. The fourth-order valence-electron chi connectivity index (χ4n) is 6.53. The summed E-state index contributed by atoms with van der Waals surface area (Å²) < 4.78 is 5.55.